The third kappa shape index (κ3) is 3.34. The summed E-state index contributed by atoms with van der Waals surface area (Å²) in [5.41, 5.74) is 0.968. The molecule has 2 N–H and O–H groups in total. The Labute approximate surface area is 157 Å². The number of ether oxygens (including phenoxy) is 1. The third-order valence-corrected chi connectivity index (χ3v) is 5.85. The van der Waals surface area contributed by atoms with Crippen molar-refractivity contribution in [3.05, 3.63) is 24.0 Å². The van der Waals surface area contributed by atoms with E-state index >= 15 is 0 Å². The van der Waals surface area contributed by atoms with Crippen molar-refractivity contribution in [3.8, 4) is 0 Å². The number of anilines is 2. The Morgan fingerprint density at radius 2 is 2.07 bits per heavy atom. The van der Waals surface area contributed by atoms with E-state index < -0.39 is 12.2 Å². The highest BCUT2D eigenvalue weighted by Gasteiger charge is 2.57. The normalized spacial score (nSPS) is 30.1. The number of fused-ring (bicyclic) bond motifs is 1. The summed E-state index contributed by atoms with van der Waals surface area (Å²) >= 11 is 0. The van der Waals surface area contributed by atoms with Gasteiger partial charge in [-0.05, 0) is 42.9 Å². The molecule has 2 heterocycles. The zero-order chi connectivity index (χ0) is 19.3. The van der Waals surface area contributed by atoms with Gasteiger partial charge in [-0.2, -0.15) is 0 Å². The second kappa shape index (κ2) is 6.67. The summed E-state index contributed by atoms with van der Waals surface area (Å²) < 4.78 is 19.9. The highest BCUT2D eigenvalue weighted by Crippen LogP contribution is 2.54. The largest absolute Gasteiger partial charge is 0.442 e. The Hall–Kier alpha value is -2.35. The first-order valence-electron chi connectivity index (χ1n) is 9.30. The number of nitrogens with one attached hydrogen (secondary N) is 1. The Bertz CT molecular complexity index is 759. The van der Waals surface area contributed by atoms with Crippen LogP contribution in [-0.2, 0) is 9.53 Å². The zero-order valence-corrected chi connectivity index (χ0v) is 15.4. The van der Waals surface area contributed by atoms with Gasteiger partial charge in [0.05, 0.1) is 30.6 Å². The molecule has 2 saturated heterocycles. The molecule has 146 valence electrons. The number of aliphatic hydroxyl groups is 1. The second-order valence-electron chi connectivity index (χ2n) is 7.74. The number of hydrogen-bond acceptors (Lipinski definition) is 5. The van der Waals surface area contributed by atoms with Gasteiger partial charge in [0.1, 0.15) is 11.9 Å². The van der Waals surface area contributed by atoms with Gasteiger partial charge in [-0.1, -0.05) is 0 Å². The topological polar surface area (TPSA) is 82.1 Å². The molecule has 2 aliphatic heterocycles. The van der Waals surface area contributed by atoms with E-state index in [0.29, 0.717) is 29.1 Å². The van der Waals surface area contributed by atoms with Crippen molar-refractivity contribution in [2.24, 2.45) is 17.8 Å². The minimum atomic E-state index is -0.542. The maximum atomic E-state index is 14.7. The quantitative estimate of drug-likeness (QED) is 0.810. The molecule has 3 unspecified atom stereocenters. The van der Waals surface area contributed by atoms with Gasteiger partial charge in [-0.25, -0.2) is 9.18 Å². The monoisotopic (exact) mass is 377 g/mol. The summed E-state index contributed by atoms with van der Waals surface area (Å²) in [5.74, 6) is 0.643. The number of piperidine rings is 1. The van der Waals surface area contributed by atoms with E-state index in [1.807, 2.05) is 11.8 Å². The average Bonchev–Trinajstić information content (AvgIpc) is 2.94. The number of carbonyl (C=O) groups is 2. The van der Waals surface area contributed by atoms with Crippen LogP contribution in [-0.4, -0.2) is 55.5 Å². The van der Waals surface area contributed by atoms with Crippen LogP contribution in [0.3, 0.4) is 0 Å². The molecule has 2 amide bonds. The molecular formula is C19H24FN3O4. The van der Waals surface area contributed by atoms with Crippen LogP contribution in [0.25, 0.3) is 0 Å². The molecule has 1 aromatic rings. The third-order valence-electron chi connectivity index (χ3n) is 5.85. The van der Waals surface area contributed by atoms with Crippen molar-refractivity contribution in [2.45, 2.75) is 26.1 Å². The molecule has 0 aromatic heterocycles. The maximum absolute atomic E-state index is 14.7. The molecule has 0 bridgehead atoms. The van der Waals surface area contributed by atoms with Gasteiger partial charge in [0.15, 0.2) is 0 Å². The molecule has 4 rings (SSSR count). The summed E-state index contributed by atoms with van der Waals surface area (Å²) in [4.78, 5) is 26.4. The molecule has 1 aliphatic carbocycles. The fourth-order valence-electron chi connectivity index (χ4n) is 4.50. The Morgan fingerprint density at radius 3 is 2.67 bits per heavy atom. The van der Waals surface area contributed by atoms with E-state index in [0.717, 1.165) is 13.1 Å². The number of carbonyl (C=O) groups excluding carboxylic acids is 2. The fraction of sp³-hybridized carbons (Fsp3) is 0.579. The summed E-state index contributed by atoms with van der Waals surface area (Å²) in [5, 5.41) is 12.3. The average molecular weight is 377 g/mol. The molecule has 0 spiro atoms. The van der Waals surface area contributed by atoms with E-state index in [-0.39, 0.29) is 30.9 Å². The Balaban J connectivity index is 1.41. The lowest BCUT2D eigenvalue weighted by Gasteiger charge is -2.24. The summed E-state index contributed by atoms with van der Waals surface area (Å²) in [6.07, 6.45) is -1.30. The SMILES string of the molecule is CC(=O)NC[C@H]1CN(c2ccc(N3CC4C(C3)C4C(C)O)c(F)c2)C(=O)O1. The molecule has 0 radical (unpaired) electrons. The van der Waals surface area contributed by atoms with Crippen molar-refractivity contribution in [3.63, 3.8) is 0 Å². The first-order chi connectivity index (χ1) is 12.8. The predicted molar refractivity (Wildman–Crippen MR) is 97.1 cm³/mol. The van der Waals surface area contributed by atoms with Crippen LogP contribution in [0.1, 0.15) is 13.8 Å². The standard InChI is InChI=1S/C19H24FN3O4/c1-10(24)18-14-8-22(9-15(14)18)17-4-3-12(5-16(17)20)23-7-13(27-19(23)26)6-21-11(2)25/h3-5,10,13-15,18,24H,6-9H2,1-2H3,(H,21,25)/t10?,13-,14?,15?,18?/m0/s1. The Morgan fingerprint density at radius 1 is 1.37 bits per heavy atom. The number of rotatable bonds is 5. The number of nitrogens with zero attached hydrogens (tertiary/aromatic N) is 2. The van der Waals surface area contributed by atoms with Crippen molar-refractivity contribution < 1.29 is 23.8 Å². The highest BCUT2D eigenvalue weighted by atomic mass is 19.1. The molecule has 27 heavy (non-hydrogen) atoms. The molecule has 1 aromatic carbocycles. The lowest BCUT2D eigenvalue weighted by Crippen LogP contribution is -2.33. The number of cyclic esters (lactones) is 1. The van der Waals surface area contributed by atoms with Gasteiger partial charge >= 0.3 is 6.09 Å². The van der Waals surface area contributed by atoms with Crippen molar-refractivity contribution in [1.29, 1.82) is 0 Å². The van der Waals surface area contributed by atoms with Gasteiger partial charge in [0.25, 0.3) is 0 Å². The van der Waals surface area contributed by atoms with Gasteiger partial charge in [-0.3, -0.25) is 9.69 Å². The number of halogens is 1. The predicted octanol–water partition coefficient (Wildman–Crippen LogP) is 1.35. The minimum absolute atomic E-state index is 0.193. The number of hydrogen-bond donors (Lipinski definition) is 2. The van der Waals surface area contributed by atoms with E-state index in [4.69, 9.17) is 4.74 Å². The molecule has 3 aliphatic rings. The molecule has 8 heteroatoms. The molecular weight excluding hydrogens is 353 g/mol. The minimum Gasteiger partial charge on any atom is -0.442 e. The second-order valence-corrected chi connectivity index (χ2v) is 7.74. The zero-order valence-electron chi connectivity index (χ0n) is 15.4. The number of amides is 2. The summed E-state index contributed by atoms with van der Waals surface area (Å²) in [6, 6.07) is 4.77. The molecule has 7 nitrogen and oxygen atoms in total. The Kier molecular flexibility index (Phi) is 4.46. The van der Waals surface area contributed by atoms with E-state index in [9.17, 15) is 19.1 Å². The van der Waals surface area contributed by atoms with Gasteiger partial charge < -0.3 is 20.1 Å². The molecule has 3 fully saturated rings. The molecule has 1 saturated carbocycles. The smallest absolute Gasteiger partial charge is 0.414 e. The van der Waals surface area contributed by atoms with Crippen molar-refractivity contribution >= 4 is 23.4 Å². The van der Waals surface area contributed by atoms with Crippen LogP contribution in [0, 0.1) is 23.6 Å². The highest BCUT2D eigenvalue weighted by molar-refractivity contribution is 5.90. The first-order valence-corrected chi connectivity index (χ1v) is 9.30. The lowest BCUT2D eigenvalue weighted by atomic mass is 10.1. The van der Waals surface area contributed by atoms with Crippen LogP contribution in [0.2, 0.25) is 0 Å². The van der Waals surface area contributed by atoms with Crippen LogP contribution >= 0.6 is 0 Å². The van der Waals surface area contributed by atoms with Gasteiger partial charge in [0.2, 0.25) is 5.91 Å². The van der Waals surface area contributed by atoms with Crippen LogP contribution in [0.15, 0.2) is 18.2 Å². The first kappa shape index (κ1) is 18.0. The van der Waals surface area contributed by atoms with Crippen molar-refractivity contribution in [1.82, 2.24) is 5.32 Å². The number of aliphatic hydroxyl groups excluding tert-OH is 1. The maximum Gasteiger partial charge on any atom is 0.414 e. The summed E-state index contributed by atoms with van der Waals surface area (Å²) in [6.45, 7) is 5.22. The van der Waals surface area contributed by atoms with E-state index in [2.05, 4.69) is 5.32 Å². The molecule has 4 atom stereocenters. The lowest BCUT2D eigenvalue weighted by molar-refractivity contribution is -0.119. The van der Waals surface area contributed by atoms with Gasteiger partial charge in [0, 0.05) is 20.0 Å². The van der Waals surface area contributed by atoms with Gasteiger partial charge in [-0.15, -0.1) is 0 Å². The van der Waals surface area contributed by atoms with E-state index in [1.54, 1.807) is 12.1 Å². The fourth-order valence-corrected chi connectivity index (χ4v) is 4.50. The summed E-state index contributed by atoms with van der Waals surface area (Å²) in [7, 11) is 0. The van der Waals surface area contributed by atoms with Crippen molar-refractivity contribution in [2.75, 3.05) is 36.0 Å². The van der Waals surface area contributed by atoms with Crippen LogP contribution in [0.5, 0.6) is 0 Å². The number of benzene rings is 1. The van der Waals surface area contributed by atoms with E-state index in [1.165, 1.54) is 17.9 Å². The van der Waals surface area contributed by atoms with Crippen LogP contribution in [0.4, 0.5) is 20.6 Å². The van der Waals surface area contributed by atoms with Crippen LogP contribution < -0.4 is 15.1 Å².